The van der Waals surface area contributed by atoms with Crippen molar-refractivity contribution < 1.29 is 18.7 Å². The van der Waals surface area contributed by atoms with Gasteiger partial charge in [0.25, 0.3) is 0 Å². The summed E-state index contributed by atoms with van der Waals surface area (Å²) in [5.41, 5.74) is 5.15. The van der Waals surface area contributed by atoms with Gasteiger partial charge in [-0.25, -0.2) is 13.6 Å². The first kappa shape index (κ1) is 17.9. The van der Waals surface area contributed by atoms with Crippen LogP contribution in [-0.2, 0) is 0 Å². The highest BCUT2D eigenvalue weighted by atomic mass is 35.5. The number of hydrogen-bond acceptors (Lipinski definition) is 4. The summed E-state index contributed by atoms with van der Waals surface area (Å²) in [6.07, 6.45) is 2.11. The van der Waals surface area contributed by atoms with Crippen LogP contribution in [0.4, 0.5) is 14.5 Å². The van der Waals surface area contributed by atoms with E-state index in [-0.39, 0.29) is 39.5 Å². The van der Waals surface area contributed by atoms with Gasteiger partial charge in [-0.2, -0.15) is 0 Å². The molecule has 3 fully saturated rings. The molecule has 28 heavy (non-hydrogen) atoms. The number of carboxylic acid groups (broad SMARTS) is 1. The maximum Gasteiger partial charge on any atom is 0.341 e. The van der Waals surface area contributed by atoms with Gasteiger partial charge in [0.2, 0.25) is 5.43 Å². The number of aromatic nitrogens is 1. The number of aromatic carboxylic acids is 1. The van der Waals surface area contributed by atoms with Gasteiger partial charge in [0, 0.05) is 37.2 Å². The van der Waals surface area contributed by atoms with Gasteiger partial charge in [-0.15, -0.1) is 0 Å². The van der Waals surface area contributed by atoms with Crippen LogP contribution in [0.2, 0.25) is 5.02 Å². The monoisotopic (exact) mass is 409 g/mol. The summed E-state index contributed by atoms with van der Waals surface area (Å²) in [5.74, 6) is -2.15. The summed E-state index contributed by atoms with van der Waals surface area (Å²) in [7, 11) is 0. The van der Waals surface area contributed by atoms with Crippen molar-refractivity contribution in [1.29, 1.82) is 0 Å². The summed E-state index contributed by atoms with van der Waals surface area (Å²) in [6, 6.07) is 0.308. The SMILES string of the molecule is N[C@H]1CN(c2c(F)cc3c(=O)c(C(=O)O)cn([C@@H]4C[C@H]4F)c3c2Cl)CC12CC2. The Balaban J connectivity index is 1.75. The molecule has 2 saturated carbocycles. The lowest BCUT2D eigenvalue weighted by Gasteiger charge is -2.23. The van der Waals surface area contributed by atoms with Crippen molar-refractivity contribution in [2.45, 2.75) is 37.5 Å². The van der Waals surface area contributed by atoms with Crippen molar-refractivity contribution in [3.63, 3.8) is 0 Å². The second-order valence-electron chi connectivity index (χ2n) is 8.17. The van der Waals surface area contributed by atoms with Crippen LogP contribution in [0.5, 0.6) is 0 Å². The van der Waals surface area contributed by atoms with Gasteiger partial charge in [0.15, 0.2) is 0 Å². The first-order valence-electron chi connectivity index (χ1n) is 9.18. The van der Waals surface area contributed by atoms with Crippen molar-refractivity contribution in [1.82, 2.24) is 4.57 Å². The molecular weight excluding hydrogens is 392 g/mol. The molecule has 5 rings (SSSR count). The lowest BCUT2D eigenvalue weighted by atomic mass is 10.0. The van der Waals surface area contributed by atoms with Crippen LogP contribution in [-0.4, -0.2) is 40.9 Å². The molecule has 3 atom stereocenters. The van der Waals surface area contributed by atoms with Crippen molar-refractivity contribution in [2.75, 3.05) is 18.0 Å². The number of fused-ring (bicyclic) bond motifs is 1. The number of nitrogens with zero attached hydrogens (tertiary/aromatic N) is 2. The molecule has 1 aromatic carbocycles. The molecule has 2 heterocycles. The maximum atomic E-state index is 15.0. The largest absolute Gasteiger partial charge is 0.477 e. The molecule has 1 saturated heterocycles. The zero-order chi connectivity index (χ0) is 20.0. The molecule has 0 bridgehead atoms. The van der Waals surface area contributed by atoms with E-state index in [0.717, 1.165) is 25.1 Å². The second-order valence-corrected chi connectivity index (χ2v) is 8.55. The third kappa shape index (κ3) is 2.40. The number of pyridine rings is 1. The van der Waals surface area contributed by atoms with E-state index >= 15 is 4.39 Å². The number of halogens is 3. The Bertz CT molecular complexity index is 1100. The molecule has 0 amide bonds. The standard InChI is InChI=1S/C19H18ClF2N3O3/c20-14-15-8(17(26)9(18(27)28)5-25(15)12-4-10(12)21)3-11(22)16(14)24-6-13(23)19(7-24)1-2-19/h3,5,10,12-13H,1-2,4,6-7,23H2,(H,27,28)/t10-,12-,13+/m1/s1. The third-order valence-corrected chi connectivity index (χ3v) is 6.73. The minimum absolute atomic E-state index is 0.00645. The fourth-order valence-corrected chi connectivity index (χ4v) is 4.84. The van der Waals surface area contributed by atoms with Gasteiger partial charge in [0.1, 0.15) is 17.6 Å². The lowest BCUT2D eigenvalue weighted by Crippen LogP contribution is -2.30. The molecular formula is C19H18ClF2N3O3. The molecule has 1 spiro atoms. The van der Waals surface area contributed by atoms with Gasteiger partial charge in [0.05, 0.1) is 27.7 Å². The Morgan fingerprint density at radius 2 is 2.07 bits per heavy atom. The Hall–Kier alpha value is -2.19. The Morgan fingerprint density at radius 1 is 1.39 bits per heavy atom. The molecule has 2 aromatic rings. The number of hydrogen-bond donors (Lipinski definition) is 2. The summed E-state index contributed by atoms with van der Waals surface area (Å²) in [5, 5.41) is 9.16. The van der Waals surface area contributed by atoms with Gasteiger partial charge < -0.3 is 20.3 Å². The average molecular weight is 410 g/mol. The summed E-state index contributed by atoms with van der Waals surface area (Å²) in [4.78, 5) is 25.8. The predicted octanol–water partition coefficient (Wildman–Crippen LogP) is 2.70. The second kappa shape index (κ2) is 5.67. The molecule has 2 aliphatic carbocycles. The van der Waals surface area contributed by atoms with E-state index in [1.54, 1.807) is 4.90 Å². The molecule has 1 aliphatic heterocycles. The van der Waals surface area contributed by atoms with E-state index in [1.807, 2.05) is 0 Å². The zero-order valence-electron chi connectivity index (χ0n) is 14.8. The van der Waals surface area contributed by atoms with Crippen LogP contribution in [0.15, 0.2) is 17.1 Å². The third-order valence-electron chi connectivity index (χ3n) is 6.37. The fraction of sp³-hybridized carbons (Fsp3) is 0.474. The van der Waals surface area contributed by atoms with E-state index in [9.17, 15) is 19.1 Å². The van der Waals surface area contributed by atoms with Gasteiger partial charge in [-0.1, -0.05) is 11.6 Å². The molecule has 3 N–H and O–H groups in total. The Labute approximate surface area is 163 Å². The predicted molar refractivity (Wildman–Crippen MR) is 101 cm³/mol. The minimum atomic E-state index is -1.45. The smallest absolute Gasteiger partial charge is 0.341 e. The number of alkyl halides is 1. The molecule has 6 nitrogen and oxygen atoms in total. The van der Waals surface area contributed by atoms with Crippen LogP contribution in [0, 0.1) is 11.2 Å². The van der Waals surface area contributed by atoms with E-state index < -0.39 is 35.0 Å². The number of carboxylic acids is 1. The number of benzene rings is 1. The minimum Gasteiger partial charge on any atom is -0.477 e. The molecule has 148 valence electrons. The Morgan fingerprint density at radius 3 is 2.61 bits per heavy atom. The van der Waals surface area contributed by atoms with Crippen LogP contribution in [0.1, 0.15) is 35.7 Å². The first-order chi connectivity index (χ1) is 13.2. The molecule has 0 radical (unpaired) electrons. The van der Waals surface area contributed by atoms with Crippen molar-refractivity contribution in [3.05, 3.63) is 38.9 Å². The Kier molecular flexibility index (Phi) is 3.62. The lowest BCUT2D eigenvalue weighted by molar-refractivity contribution is 0.0694. The average Bonchev–Trinajstić information content (AvgIpc) is 3.51. The summed E-state index contributed by atoms with van der Waals surface area (Å²) in [6.45, 7) is 1.01. The summed E-state index contributed by atoms with van der Waals surface area (Å²) >= 11 is 6.56. The van der Waals surface area contributed by atoms with Crippen LogP contribution in [0.3, 0.4) is 0 Å². The van der Waals surface area contributed by atoms with E-state index in [2.05, 4.69) is 0 Å². The number of carbonyl (C=O) groups is 1. The highest BCUT2D eigenvalue weighted by molar-refractivity contribution is 6.38. The zero-order valence-corrected chi connectivity index (χ0v) is 15.5. The van der Waals surface area contributed by atoms with Gasteiger partial charge >= 0.3 is 5.97 Å². The van der Waals surface area contributed by atoms with Crippen molar-refractivity contribution in [2.24, 2.45) is 11.1 Å². The quantitative estimate of drug-likeness (QED) is 0.813. The van der Waals surface area contributed by atoms with Crippen molar-refractivity contribution in [3.8, 4) is 0 Å². The number of rotatable bonds is 3. The maximum absolute atomic E-state index is 15.0. The van der Waals surface area contributed by atoms with Gasteiger partial charge in [-0.05, 0) is 18.9 Å². The molecule has 0 unspecified atom stereocenters. The molecule has 1 aromatic heterocycles. The van der Waals surface area contributed by atoms with Crippen LogP contribution in [0.25, 0.3) is 10.9 Å². The van der Waals surface area contributed by atoms with Crippen LogP contribution < -0.4 is 16.1 Å². The van der Waals surface area contributed by atoms with Crippen molar-refractivity contribution >= 4 is 34.2 Å². The van der Waals surface area contributed by atoms with E-state index in [0.29, 0.717) is 13.1 Å². The first-order valence-corrected chi connectivity index (χ1v) is 9.56. The highest BCUT2D eigenvalue weighted by Gasteiger charge is 2.54. The summed E-state index contributed by atoms with van der Waals surface area (Å²) < 4.78 is 30.2. The fourth-order valence-electron chi connectivity index (χ4n) is 4.43. The normalized spacial score (nSPS) is 27.6. The molecule has 9 heteroatoms. The number of anilines is 1. The van der Waals surface area contributed by atoms with Gasteiger partial charge in [-0.3, -0.25) is 4.79 Å². The highest BCUT2D eigenvalue weighted by Crippen LogP contribution is 2.54. The number of nitrogens with two attached hydrogens (primary N) is 1. The molecule has 3 aliphatic rings. The van der Waals surface area contributed by atoms with Crippen LogP contribution >= 0.6 is 11.6 Å². The van der Waals surface area contributed by atoms with E-state index in [4.69, 9.17) is 17.3 Å². The van der Waals surface area contributed by atoms with E-state index in [1.165, 1.54) is 4.57 Å². The topological polar surface area (TPSA) is 88.6 Å².